The van der Waals surface area contributed by atoms with Crippen LogP contribution in [0.1, 0.15) is 42.3 Å². The first-order valence-electron chi connectivity index (χ1n) is 11.8. The maximum Gasteiger partial charge on any atom is 0.335 e. The molecule has 0 fully saturated rings. The highest BCUT2D eigenvalue weighted by atomic mass is 32.2. The normalized spacial score (nSPS) is 12.9. The fourth-order valence-corrected chi connectivity index (χ4v) is 5.13. The highest BCUT2D eigenvalue weighted by molar-refractivity contribution is 7.92. The van der Waals surface area contributed by atoms with Crippen LogP contribution in [0.3, 0.4) is 0 Å². The molecular formula is C27H30N4O5S. The Balaban J connectivity index is 1.41. The number of carboxylic acids is 1. The predicted octanol–water partition coefficient (Wildman–Crippen LogP) is 4.03. The molecule has 1 aromatic heterocycles. The van der Waals surface area contributed by atoms with Crippen LogP contribution in [-0.2, 0) is 16.6 Å². The van der Waals surface area contributed by atoms with E-state index in [0.717, 1.165) is 11.0 Å². The number of para-hydroxylation sites is 1. The summed E-state index contributed by atoms with van der Waals surface area (Å²) in [5.74, 6) is -0.989. The average Bonchev–Trinajstić information content (AvgIpc) is 3.29. The summed E-state index contributed by atoms with van der Waals surface area (Å²) in [5.41, 5.74) is 2.07. The molecule has 4 rings (SSSR count). The highest BCUT2D eigenvalue weighted by Crippen LogP contribution is 2.26. The van der Waals surface area contributed by atoms with Crippen molar-refractivity contribution >= 4 is 32.7 Å². The molecule has 1 atom stereocenters. The second-order valence-corrected chi connectivity index (χ2v) is 11.2. The van der Waals surface area contributed by atoms with Crippen molar-refractivity contribution in [1.82, 2.24) is 14.9 Å². The number of aliphatic hydroxyl groups excluding tert-OH is 1. The third-order valence-corrected chi connectivity index (χ3v) is 7.62. The van der Waals surface area contributed by atoms with Gasteiger partial charge < -0.3 is 20.1 Å². The molecule has 0 saturated heterocycles. The van der Waals surface area contributed by atoms with E-state index in [-0.39, 0.29) is 22.5 Å². The van der Waals surface area contributed by atoms with Gasteiger partial charge in [-0.25, -0.2) is 18.2 Å². The van der Waals surface area contributed by atoms with Gasteiger partial charge in [-0.05, 0) is 56.7 Å². The fourth-order valence-electron chi connectivity index (χ4n) is 4.02. The third-order valence-electron chi connectivity index (χ3n) is 6.24. The number of sulfonamides is 1. The number of nitrogens with zero attached hydrogens (tertiary/aromatic N) is 2. The number of carbonyl (C=O) groups is 1. The molecular weight excluding hydrogens is 492 g/mol. The number of benzene rings is 3. The number of nitrogens with one attached hydrogen (secondary N) is 2. The summed E-state index contributed by atoms with van der Waals surface area (Å²) in [6, 6.07) is 19.7. The van der Waals surface area contributed by atoms with E-state index >= 15 is 0 Å². The Hall–Kier alpha value is -3.73. The van der Waals surface area contributed by atoms with Crippen molar-refractivity contribution in [2.75, 3.05) is 11.3 Å². The lowest BCUT2D eigenvalue weighted by molar-refractivity contribution is 0.0697. The molecule has 1 heterocycles. The maximum absolute atomic E-state index is 12.8. The topological polar surface area (TPSA) is 134 Å². The zero-order chi connectivity index (χ0) is 26.6. The predicted molar refractivity (Wildman–Crippen MR) is 142 cm³/mol. The number of imidazole rings is 1. The SMILES string of the molecule is CC(C)(CCn1cnc2ccc(C(=O)O)cc21)NCC(O)c1ccccc1NS(=O)(=O)c1ccccc1. The van der Waals surface area contributed by atoms with E-state index in [4.69, 9.17) is 0 Å². The number of aromatic nitrogens is 2. The smallest absolute Gasteiger partial charge is 0.335 e. The molecule has 0 aliphatic heterocycles. The molecule has 0 amide bonds. The number of fused-ring (bicyclic) bond motifs is 1. The Morgan fingerprint density at radius 1 is 1.05 bits per heavy atom. The quantitative estimate of drug-likeness (QED) is 0.234. The van der Waals surface area contributed by atoms with E-state index in [1.807, 2.05) is 18.4 Å². The van der Waals surface area contributed by atoms with E-state index in [0.29, 0.717) is 24.2 Å². The second-order valence-electron chi connectivity index (χ2n) is 9.48. The van der Waals surface area contributed by atoms with Gasteiger partial charge in [-0.1, -0.05) is 36.4 Å². The largest absolute Gasteiger partial charge is 0.478 e. The first-order valence-corrected chi connectivity index (χ1v) is 13.3. The maximum atomic E-state index is 12.8. The fraction of sp³-hybridized carbons (Fsp3) is 0.259. The van der Waals surface area contributed by atoms with Crippen LogP contribution in [0, 0.1) is 0 Å². The number of carboxylic acid groups (broad SMARTS) is 1. The van der Waals surface area contributed by atoms with Crippen LogP contribution in [0.2, 0.25) is 0 Å². The minimum atomic E-state index is -3.80. The van der Waals surface area contributed by atoms with Crippen LogP contribution < -0.4 is 10.0 Å². The van der Waals surface area contributed by atoms with Crippen molar-refractivity contribution in [3.05, 3.63) is 90.3 Å². The van der Waals surface area contributed by atoms with Crippen LogP contribution in [0.25, 0.3) is 11.0 Å². The van der Waals surface area contributed by atoms with Gasteiger partial charge in [0.25, 0.3) is 10.0 Å². The lowest BCUT2D eigenvalue weighted by Gasteiger charge is -2.28. The zero-order valence-corrected chi connectivity index (χ0v) is 21.4. The highest BCUT2D eigenvalue weighted by Gasteiger charge is 2.22. The van der Waals surface area contributed by atoms with Gasteiger partial charge in [0.2, 0.25) is 0 Å². The van der Waals surface area contributed by atoms with Crippen molar-refractivity contribution in [3.8, 4) is 0 Å². The molecule has 4 aromatic rings. The molecule has 4 N–H and O–H groups in total. The number of anilines is 1. The molecule has 0 spiro atoms. The molecule has 10 heteroatoms. The van der Waals surface area contributed by atoms with Gasteiger partial charge in [0, 0.05) is 24.2 Å². The van der Waals surface area contributed by atoms with Gasteiger partial charge in [-0.2, -0.15) is 0 Å². The average molecular weight is 523 g/mol. The van der Waals surface area contributed by atoms with Gasteiger partial charge in [0.1, 0.15) is 0 Å². The lowest BCUT2D eigenvalue weighted by Crippen LogP contribution is -2.42. The monoisotopic (exact) mass is 522 g/mol. The Kier molecular flexibility index (Phi) is 7.63. The number of rotatable bonds is 11. The van der Waals surface area contributed by atoms with Crippen LogP contribution in [0.5, 0.6) is 0 Å². The molecule has 1 unspecified atom stereocenters. The van der Waals surface area contributed by atoms with Crippen LogP contribution >= 0.6 is 0 Å². The van der Waals surface area contributed by atoms with Gasteiger partial charge in [-0.15, -0.1) is 0 Å². The lowest BCUT2D eigenvalue weighted by atomic mass is 9.99. The summed E-state index contributed by atoms with van der Waals surface area (Å²) < 4.78 is 30.1. The Morgan fingerprint density at radius 3 is 2.49 bits per heavy atom. The molecule has 9 nitrogen and oxygen atoms in total. The summed E-state index contributed by atoms with van der Waals surface area (Å²) in [4.78, 5) is 15.8. The number of aromatic carboxylic acids is 1. The van der Waals surface area contributed by atoms with Gasteiger partial charge in [-0.3, -0.25) is 4.72 Å². The minimum Gasteiger partial charge on any atom is -0.478 e. The molecule has 0 bridgehead atoms. The molecule has 0 saturated carbocycles. The van der Waals surface area contributed by atoms with Crippen molar-refractivity contribution in [2.45, 2.75) is 43.4 Å². The Morgan fingerprint density at radius 2 is 1.76 bits per heavy atom. The first-order chi connectivity index (χ1) is 17.6. The third kappa shape index (κ3) is 6.34. The van der Waals surface area contributed by atoms with Crippen LogP contribution in [-0.4, -0.2) is 46.2 Å². The molecule has 194 valence electrons. The summed E-state index contributed by atoms with van der Waals surface area (Å²) in [6.07, 6.45) is 1.40. The summed E-state index contributed by atoms with van der Waals surface area (Å²) >= 11 is 0. The number of aliphatic hydroxyl groups is 1. The zero-order valence-electron chi connectivity index (χ0n) is 20.6. The first kappa shape index (κ1) is 26.3. The molecule has 0 aliphatic carbocycles. The minimum absolute atomic E-state index is 0.140. The van der Waals surface area contributed by atoms with Crippen molar-refractivity contribution < 1.29 is 23.4 Å². The molecule has 0 radical (unpaired) electrons. The van der Waals surface area contributed by atoms with E-state index in [9.17, 15) is 23.4 Å². The van der Waals surface area contributed by atoms with Crippen molar-refractivity contribution in [1.29, 1.82) is 0 Å². The Labute approximate surface area is 215 Å². The van der Waals surface area contributed by atoms with Crippen molar-refractivity contribution in [3.63, 3.8) is 0 Å². The summed E-state index contributed by atoms with van der Waals surface area (Å²) in [5, 5.41) is 23.6. The Bertz CT molecular complexity index is 1500. The van der Waals surface area contributed by atoms with E-state index in [2.05, 4.69) is 15.0 Å². The van der Waals surface area contributed by atoms with Gasteiger partial charge in [0.15, 0.2) is 0 Å². The standard InChI is InChI=1S/C27H30N4O5S/c1-27(2,14-15-31-18-28-23-13-12-19(26(33)34)16-24(23)31)29-17-25(32)21-10-6-7-11-22(21)30-37(35,36)20-8-4-3-5-9-20/h3-13,16,18,25,29-30,32H,14-15,17H2,1-2H3,(H,33,34). The van der Waals surface area contributed by atoms with E-state index in [1.165, 1.54) is 18.2 Å². The number of hydrogen-bond donors (Lipinski definition) is 4. The number of β-amino-alcohol motifs (C(OH)–C–C–N with tert-alkyl or cyclic N) is 1. The van der Waals surface area contributed by atoms with Crippen LogP contribution in [0.15, 0.2) is 84.0 Å². The summed E-state index contributed by atoms with van der Waals surface area (Å²) in [6.45, 7) is 4.80. The van der Waals surface area contributed by atoms with Gasteiger partial charge >= 0.3 is 5.97 Å². The van der Waals surface area contributed by atoms with Crippen LogP contribution in [0.4, 0.5) is 5.69 Å². The molecule has 37 heavy (non-hydrogen) atoms. The number of aryl methyl sites for hydroxylation is 1. The number of hydrogen-bond acceptors (Lipinski definition) is 6. The summed E-state index contributed by atoms with van der Waals surface area (Å²) in [7, 11) is -3.80. The van der Waals surface area contributed by atoms with Crippen molar-refractivity contribution in [2.24, 2.45) is 0 Å². The van der Waals surface area contributed by atoms with Gasteiger partial charge in [0.05, 0.1) is 39.6 Å². The van der Waals surface area contributed by atoms with E-state index < -0.39 is 22.1 Å². The molecule has 3 aromatic carbocycles. The second kappa shape index (κ2) is 10.7. The van der Waals surface area contributed by atoms with E-state index in [1.54, 1.807) is 60.9 Å². The molecule has 0 aliphatic rings.